The molecule has 39 heavy (non-hydrogen) atoms. The average molecular weight is 534 g/mol. The number of para-hydroxylation sites is 2. The summed E-state index contributed by atoms with van der Waals surface area (Å²) in [5.74, 6) is -2.00. The molecule has 4 aromatic rings. The summed E-state index contributed by atoms with van der Waals surface area (Å²) in [6, 6.07) is 21.9. The third-order valence-corrected chi connectivity index (χ3v) is 7.09. The molecule has 0 saturated carbocycles. The van der Waals surface area contributed by atoms with E-state index in [4.69, 9.17) is 29.3 Å². The number of ether oxygens (including phenoxy) is 2. The van der Waals surface area contributed by atoms with Crippen LogP contribution >= 0.6 is 0 Å². The van der Waals surface area contributed by atoms with Gasteiger partial charge in [-0.25, -0.2) is 9.59 Å². The lowest BCUT2D eigenvalue weighted by Gasteiger charge is -2.35. The Morgan fingerprint density at radius 1 is 0.769 bits per heavy atom. The Morgan fingerprint density at radius 3 is 2.03 bits per heavy atom. The first-order valence-electron chi connectivity index (χ1n) is 13.0. The largest absolute Gasteiger partial charge is 0.493 e. The van der Waals surface area contributed by atoms with Gasteiger partial charge in [0.2, 0.25) is 0 Å². The second-order valence-electron chi connectivity index (χ2n) is 9.43. The number of piperazine rings is 1. The van der Waals surface area contributed by atoms with E-state index in [1.165, 1.54) is 32.9 Å². The molecule has 0 bridgehead atoms. The van der Waals surface area contributed by atoms with E-state index < -0.39 is 11.9 Å². The zero-order valence-corrected chi connectivity index (χ0v) is 22.6. The summed E-state index contributed by atoms with van der Waals surface area (Å²) in [5, 5.41) is 17.5. The smallest absolute Gasteiger partial charge is 0.414 e. The van der Waals surface area contributed by atoms with Crippen LogP contribution in [0.2, 0.25) is 0 Å². The molecule has 1 aliphatic rings. The summed E-state index contributed by atoms with van der Waals surface area (Å²) in [7, 11) is 3.41. The van der Waals surface area contributed by atoms with Gasteiger partial charge >= 0.3 is 11.9 Å². The van der Waals surface area contributed by atoms with Crippen LogP contribution in [0.5, 0.6) is 11.5 Å². The van der Waals surface area contributed by atoms with Gasteiger partial charge in [-0.15, -0.1) is 0 Å². The number of fused-ring (bicyclic) bond motifs is 3. The fraction of sp³-hybridized carbons (Fsp3) is 0.333. The van der Waals surface area contributed by atoms with Gasteiger partial charge in [0, 0.05) is 73.2 Å². The van der Waals surface area contributed by atoms with Gasteiger partial charge in [0.05, 0.1) is 14.2 Å². The number of rotatable bonds is 7. The van der Waals surface area contributed by atoms with E-state index in [0.717, 1.165) is 57.3 Å². The minimum atomic E-state index is -1.82. The van der Waals surface area contributed by atoms with Gasteiger partial charge in [-0.1, -0.05) is 36.4 Å². The average Bonchev–Trinajstić information content (AvgIpc) is 3.27. The number of hydrogen-bond donors (Lipinski definition) is 2. The molecular formula is C30H35N3O6. The minimum Gasteiger partial charge on any atom is -0.493 e. The molecule has 0 spiro atoms. The monoisotopic (exact) mass is 533 g/mol. The normalized spacial score (nSPS) is 14.1. The second-order valence-corrected chi connectivity index (χ2v) is 9.43. The molecule has 2 N–H and O–H groups in total. The van der Waals surface area contributed by atoms with Crippen molar-refractivity contribution in [1.82, 2.24) is 14.4 Å². The molecule has 9 heteroatoms. The first-order valence-corrected chi connectivity index (χ1v) is 13.0. The van der Waals surface area contributed by atoms with Crippen LogP contribution < -0.4 is 9.47 Å². The third-order valence-electron chi connectivity index (χ3n) is 7.09. The molecule has 206 valence electrons. The van der Waals surface area contributed by atoms with Crippen molar-refractivity contribution in [3.05, 3.63) is 71.8 Å². The van der Waals surface area contributed by atoms with Gasteiger partial charge in [0.1, 0.15) is 0 Å². The lowest BCUT2D eigenvalue weighted by atomic mass is 10.1. The van der Waals surface area contributed by atoms with Crippen molar-refractivity contribution in [3.8, 4) is 11.5 Å². The van der Waals surface area contributed by atoms with Crippen LogP contribution in [0, 0.1) is 0 Å². The highest BCUT2D eigenvalue weighted by Gasteiger charge is 2.20. The Balaban J connectivity index is 0.000000531. The van der Waals surface area contributed by atoms with E-state index in [0.29, 0.717) is 0 Å². The quantitative estimate of drug-likeness (QED) is 0.339. The highest BCUT2D eigenvalue weighted by atomic mass is 16.5. The number of benzene rings is 3. The molecule has 3 aromatic carbocycles. The summed E-state index contributed by atoms with van der Waals surface area (Å²) >= 11 is 0. The van der Waals surface area contributed by atoms with Crippen molar-refractivity contribution >= 4 is 33.7 Å². The van der Waals surface area contributed by atoms with Gasteiger partial charge in [0.15, 0.2) is 11.5 Å². The second kappa shape index (κ2) is 12.6. The molecule has 1 fully saturated rings. The van der Waals surface area contributed by atoms with Crippen LogP contribution in [0.15, 0.2) is 60.7 Å². The number of nitrogens with zero attached hydrogens (tertiary/aromatic N) is 3. The molecule has 0 amide bonds. The number of carboxylic acid groups (broad SMARTS) is 2. The maximum Gasteiger partial charge on any atom is 0.414 e. The van der Waals surface area contributed by atoms with E-state index in [9.17, 15) is 0 Å². The van der Waals surface area contributed by atoms with Gasteiger partial charge in [-0.2, -0.15) is 0 Å². The predicted molar refractivity (Wildman–Crippen MR) is 150 cm³/mol. The summed E-state index contributed by atoms with van der Waals surface area (Å²) in [6.45, 7) is 9.34. The number of methoxy groups -OCH3 is 2. The van der Waals surface area contributed by atoms with Crippen LogP contribution in [0.3, 0.4) is 0 Å². The molecule has 0 atom stereocenters. The summed E-state index contributed by atoms with van der Waals surface area (Å²) in [5.41, 5.74) is 5.24. The van der Waals surface area contributed by atoms with Gasteiger partial charge in [0.25, 0.3) is 0 Å². The van der Waals surface area contributed by atoms with Crippen LogP contribution in [0.1, 0.15) is 18.1 Å². The number of aryl methyl sites for hydroxylation is 1. The Bertz CT molecular complexity index is 1440. The standard InChI is InChI=1S/C28H33N3O2.C2H2O4/c1-4-31-25-10-6-5-9-23(25)24-18-21(12-13-26(24)31)19-29-14-16-30(17-15-29)20-22-8-7-11-27(32-2)28(22)33-3;3-1(4)2(5)6/h5-13,18H,4,14-17,19-20H2,1-3H3;(H,3,4)(H,5,6). The number of carbonyl (C=O) groups is 2. The first kappa shape index (κ1) is 27.9. The van der Waals surface area contributed by atoms with Crippen LogP contribution in [-0.2, 0) is 29.2 Å². The lowest BCUT2D eigenvalue weighted by Crippen LogP contribution is -2.45. The maximum absolute atomic E-state index is 9.10. The van der Waals surface area contributed by atoms with Crippen molar-refractivity contribution in [2.45, 2.75) is 26.6 Å². The fourth-order valence-corrected chi connectivity index (χ4v) is 5.22. The number of carboxylic acids is 2. The van der Waals surface area contributed by atoms with Gasteiger partial charge < -0.3 is 24.3 Å². The zero-order valence-electron chi connectivity index (χ0n) is 22.6. The maximum atomic E-state index is 9.10. The summed E-state index contributed by atoms with van der Waals surface area (Å²) < 4.78 is 13.5. The predicted octanol–water partition coefficient (Wildman–Crippen LogP) is 4.31. The van der Waals surface area contributed by atoms with E-state index in [-0.39, 0.29) is 0 Å². The minimum absolute atomic E-state index is 0.799. The lowest BCUT2D eigenvalue weighted by molar-refractivity contribution is -0.159. The Morgan fingerprint density at radius 2 is 1.41 bits per heavy atom. The third kappa shape index (κ3) is 6.32. The van der Waals surface area contributed by atoms with Crippen LogP contribution in [-0.4, -0.2) is 76.9 Å². The molecule has 0 radical (unpaired) electrons. The van der Waals surface area contributed by atoms with Gasteiger partial charge in [-0.05, 0) is 36.8 Å². The van der Waals surface area contributed by atoms with E-state index in [1.807, 2.05) is 12.1 Å². The molecule has 0 unspecified atom stereocenters. The Kier molecular flexibility index (Phi) is 9.06. The molecular weight excluding hydrogens is 498 g/mol. The van der Waals surface area contributed by atoms with E-state index in [2.05, 4.69) is 69.8 Å². The summed E-state index contributed by atoms with van der Waals surface area (Å²) in [6.07, 6.45) is 0. The van der Waals surface area contributed by atoms with Crippen molar-refractivity contribution in [2.24, 2.45) is 0 Å². The number of aliphatic carboxylic acids is 2. The molecule has 0 aliphatic carbocycles. The Hall–Kier alpha value is -4.08. The van der Waals surface area contributed by atoms with Crippen molar-refractivity contribution in [3.63, 3.8) is 0 Å². The van der Waals surface area contributed by atoms with Crippen molar-refractivity contribution in [1.29, 1.82) is 0 Å². The molecule has 5 rings (SSSR count). The molecule has 9 nitrogen and oxygen atoms in total. The van der Waals surface area contributed by atoms with Crippen molar-refractivity contribution in [2.75, 3.05) is 40.4 Å². The fourth-order valence-electron chi connectivity index (χ4n) is 5.22. The van der Waals surface area contributed by atoms with Crippen molar-refractivity contribution < 1.29 is 29.3 Å². The number of hydrogen-bond acceptors (Lipinski definition) is 6. The molecule has 1 saturated heterocycles. The topological polar surface area (TPSA) is 104 Å². The molecule has 1 aliphatic heterocycles. The van der Waals surface area contributed by atoms with Crippen LogP contribution in [0.4, 0.5) is 0 Å². The van der Waals surface area contributed by atoms with Gasteiger partial charge in [-0.3, -0.25) is 9.80 Å². The SMILES string of the molecule is CCn1c2ccccc2c2cc(CN3CCN(Cc4cccc(OC)c4OC)CC3)ccc21.O=C(O)C(=O)O. The first-order chi connectivity index (χ1) is 18.9. The van der Waals surface area contributed by atoms with Crippen LogP contribution in [0.25, 0.3) is 21.8 Å². The zero-order chi connectivity index (χ0) is 27.9. The molecule has 1 aromatic heterocycles. The highest BCUT2D eigenvalue weighted by Crippen LogP contribution is 2.32. The summed E-state index contributed by atoms with van der Waals surface area (Å²) in [4.78, 5) is 23.3. The number of aromatic nitrogens is 1. The Labute approximate surface area is 227 Å². The highest BCUT2D eigenvalue weighted by molar-refractivity contribution is 6.27. The van der Waals surface area contributed by atoms with E-state index >= 15 is 0 Å². The van der Waals surface area contributed by atoms with E-state index in [1.54, 1.807) is 14.2 Å². The molecule has 2 heterocycles.